The van der Waals surface area contributed by atoms with Gasteiger partial charge >= 0.3 is 0 Å². The number of halogens is 1. The second kappa shape index (κ2) is 9.81. The van der Waals surface area contributed by atoms with Crippen LogP contribution in [0.3, 0.4) is 0 Å². The lowest BCUT2D eigenvalue weighted by Gasteiger charge is -2.09. The number of ether oxygens (including phenoxy) is 1. The number of rotatable bonds is 9. The highest BCUT2D eigenvalue weighted by atomic mass is 35.5. The van der Waals surface area contributed by atoms with Crippen LogP contribution in [0.4, 0.5) is 0 Å². The summed E-state index contributed by atoms with van der Waals surface area (Å²) in [6.45, 7) is 4.87. The Hall–Kier alpha value is -1.37. The van der Waals surface area contributed by atoms with E-state index in [1.54, 1.807) is 6.07 Å². The van der Waals surface area contributed by atoms with Gasteiger partial charge in [-0.15, -0.1) is 0 Å². The molecule has 4 heteroatoms. The molecule has 1 atom stereocenters. The van der Waals surface area contributed by atoms with Crippen molar-refractivity contribution in [2.75, 3.05) is 6.61 Å². The molecule has 2 aromatic carbocycles. The Morgan fingerprint density at radius 2 is 1.83 bits per heavy atom. The Balaban J connectivity index is 1.90. The number of carbonyl (C=O) groups excluding carboxylic acids is 1. The molecule has 24 heavy (non-hydrogen) atoms. The molecule has 0 amide bonds. The molecule has 0 fully saturated rings. The van der Waals surface area contributed by atoms with Crippen molar-refractivity contribution in [3.63, 3.8) is 0 Å². The summed E-state index contributed by atoms with van der Waals surface area (Å²) in [6, 6.07) is 13.3. The Kier molecular flexibility index (Phi) is 7.75. The standard InChI is InChI=1S/C20H24ClO2P/c1-3-4-5-6-14-23-16-10-12-17(13-11-16)24-20(22)19-15(2)8-7-9-18(19)21/h7-13,24H,3-6,14H2,1-2H3. The number of unbranched alkanes of at least 4 members (excludes halogenated alkanes) is 3. The summed E-state index contributed by atoms with van der Waals surface area (Å²) in [5, 5.41) is 1.53. The maximum absolute atomic E-state index is 12.5. The Labute approximate surface area is 151 Å². The van der Waals surface area contributed by atoms with Gasteiger partial charge in [-0.25, -0.2) is 0 Å². The smallest absolute Gasteiger partial charge is 0.187 e. The van der Waals surface area contributed by atoms with Crippen LogP contribution in [-0.4, -0.2) is 12.1 Å². The van der Waals surface area contributed by atoms with E-state index in [9.17, 15) is 4.79 Å². The Morgan fingerprint density at radius 1 is 1.08 bits per heavy atom. The molecule has 0 spiro atoms. The highest BCUT2D eigenvalue weighted by Crippen LogP contribution is 2.27. The van der Waals surface area contributed by atoms with Crippen molar-refractivity contribution < 1.29 is 9.53 Å². The molecule has 0 N–H and O–H groups in total. The van der Waals surface area contributed by atoms with Crippen LogP contribution >= 0.6 is 20.2 Å². The van der Waals surface area contributed by atoms with Crippen molar-refractivity contribution in [2.24, 2.45) is 0 Å². The molecule has 2 rings (SSSR count). The van der Waals surface area contributed by atoms with E-state index in [-0.39, 0.29) is 14.1 Å². The molecule has 0 aliphatic rings. The van der Waals surface area contributed by atoms with Gasteiger partial charge in [0.25, 0.3) is 0 Å². The topological polar surface area (TPSA) is 26.3 Å². The summed E-state index contributed by atoms with van der Waals surface area (Å²) in [5.41, 5.74) is 1.63. The van der Waals surface area contributed by atoms with Gasteiger partial charge in [0.05, 0.1) is 11.6 Å². The number of carbonyl (C=O) groups is 1. The highest BCUT2D eigenvalue weighted by molar-refractivity contribution is 7.66. The molecule has 1 unspecified atom stereocenters. The largest absolute Gasteiger partial charge is 0.494 e. The van der Waals surface area contributed by atoms with Crippen LogP contribution < -0.4 is 10.0 Å². The van der Waals surface area contributed by atoms with Crippen molar-refractivity contribution >= 4 is 31.0 Å². The zero-order valence-electron chi connectivity index (χ0n) is 14.3. The van der Waals surface area contributed by atoms with Gasteiger partial charge in [-0.2, -0.15) is 0 Å². The van der Waals surface area contributed by atoms with Crippen LogP contribution in [-0.2, 0) is 0 Å². The van der Waals surface area contributed by atoms with Gasteiger partial charge in [-0.1, -0.05) is 62.1 Å². The van der Waals surface area contributed by atoms with Gasteiger partial charge in [0.15, 0.2) is 5.52 Å². The normalized spacial score (nSPS) is 11.1. The Bertz CT molecular complexity index is 648. The van der Waals surface area contributed by atoms with Crippen LogP contribution in [0.2, 0.25) is 5.02 Å². The first kappa shape index (κ1) is 19.0. The number of hydrogen-bond donors (Lipinski definition) is 0. The summed E-state index contributed by atoms with van der Waals surface area (Å²) in [4.78, 5) is 12.5. The van der Waals surface area contributed by atoms with E-state index < -0.39 is 0 Å². The molecule has 2 aromatic rings. The van der Waals surface area contributed by atoms with Crippen molar-refractivity contribution in [3.8, 4) is 5.75 Å². The summed E-state index contributed by atoms with van der Waals surface area (Å²) in [7, 11) is 0.0682. The molecule has 0 aliphatic carbocycles. The van der Waals surface area contributed by atoms with Gasteiger partial charge in [0, 0.05) is 5.56 Å². The van der Waals surface area contributed by atoms with E-state index in [1.165, 1.54) is 19.3 Å². The lowest BCUT2D eigenvalue weighted by atomic mass is 10.1. The van der Waals surface area contributed by atoms with Crippen molar-refractivity contribution in [3.05, 3.63) is 58.6 Å². The zero-order chi connectivity index (χ0) is 17.4. The first-order valence-corrected chi connectivity index (χ1v) is 9.79. The minimum atomic E-state index is 0.0682. The Morgan fingerprint density at radius 3 is 2.50 bits per heavy atom. The molecule has 0 saturated carbocycles. The fraction of sp³-hybridized carbons (Fsp3) is 0.350. The summed E-state index contributed by atoms with van der Waals surface area (Å²) >= 11 is 6.17. The van der Waals surface area contributed by atoms with E-state index in [1.807, 2.05) is 43.3 Å². The van der Waals surface area contributed by atoms with Crippen LogP contribution in [0, 0.1) is 6.92 Å². The third-order valence-electron chi connectivity index (χ3n) is 3.83. The lowest BCUT2D eigenvalue weighted by molar-refractivity contribution is 0.108. The fourth-order valence-corrected chi connectivity index (χ4v) is 3.91. The molecule has 0 saturated heterocycles. The van der Waals surface area contributed by atoms with Gasteiger partial charge in [-0.05, 0) is 51.0 Å². The van der Waals surface area contributed by atoms with Crippen molar-refractivity contribution in [1.29, 1.82) is 0 Å². The zero-order valence-corrected chi connectivity index (χ0v) is 16.0. The molecule has 2 nitrogen and oxygen atoms in total. The second-order valence-electron chi connectivity index (χ2n) is 5.82. The van der Waals surface area contributed by atoms with Crippen LogP contribution in [0.25, 0.3) is 0 Å². The third-order valence-corrected chi connectivity index (χ3v) is 5.24. The second-order valence-corrected chi connectivity index (χ2v) is 7.51. The predicted octanol–water partition coefficient (Wildman–Crippen LogP) is 5.75. The quantitative estimate of drug-likeness (QED) is 0.419. The lowest BCUT2D eigenvalue weighted by Crippen LogP contribution is -2.04. The van der Waals surface area contributed by atoms with Gasteiger partial charge in [0.2, 0.25) is 0 Å². The van der Waals surface area contributed by atoms with Crippen LogP contribution in [0.1, 0.15) is 48.5 Å². The van der Waals surface area contributed by atoms with Gasteiger partial charge in [0.1, 0.15) is 5.75 Å². The maximum atomic E-state index is 12.5. The van der Waals surface area contributed by atoms with E-state index in [0.717, 1.165) is 29.6 Å². The fourth-order valence-electron chi connectivity index (χ4n) is 2.47. The molecular weight excluding hydrogens is 339 g/mol. The summed E-state index contributed by atoms with van der Waals surface area (Å²) < 4.78 is 5.73. The minimum absolute atomic E-state index is 0.0682. The number of aryl methyl sites for hydroxylation is 1. The number of benzene rings is 2. The minimum Gasteiger partial charge on any atom is -0.494 e. The molecule has 0 aliphatic heterocycles. The SMILES string of the molecule is CCCCCCOc1ccc(PC(=O)c2c(C)cccc2Cl)cc1. The molecule has 0 radical (unpaired) electrons. The molecule has 0 bridgehead atoms. The van der Waals surface area contributed by atoms with Gasteiger partial charge in [-0.3, -0.25) is 4.79 Å². The molecular formula is C20H24ClO2P. The van der Waals surface area contributed by atoms with E-state index in [0.29, 0.717) is 10.6 Å². The predicted molar refractivity (Wildman–Crippen MR) is 105 cm³/mol. The highest BCUT2D eigenvalue weighted by Gasteiger charge is 2.13. The first-order chi connectivity index (χ1) is 11.6. The average Bonchev–Trinajstić information content (AvgIpc) is 2.56. The average molecular weight is 363 g/mol. The molecule has 0 aromatic heterocycles. The van der Waals surface area contributed by atoms with Crippen molar-refractivity contribution in [2.45, 2.75) is 39.5 Å². The molecule has 0 heterocycles. The van der Waals surface area contributed by atoms with E-state index in [4.69, 9.17) is 16.3 Å². The maximum Gasteiger partial charge on any atom is 0.187 e. The molecule has 128 valence electrons. The van der Waals surface area contributed by atoms with Crippen LogP contribution in [0.5, 0.6) is 5.75 Å². The summed E-state index contributed by atoms with van der Waals surface area (Å²) in [5.74, 6) is 0.862. The van der Waals surface area contributed by atoms with Gasteiger partial charge < -0.3 is 4.74 Å². The van der Waals surface area contributed by atoms with E-state index in [2.05, 4.69) is 6.92 Å². The third kappa shape index (κ3) is 5.61. The van der Waals surface area contributed by atoms with Crippen molar-refractivity contribution in [1.82, 2.24) is 0 Å². The summed E-state index contributed by atoms with van der Waals surface area (Å²) in [6.07, 6.45) is 4.78. The monoisotopic (exact) mass is 362 g/mol. The first-order valence-electron chi connectivity index (χ1n) is 8.41. The van der Waals surface area contributed by atoms with Crippen LogP contribution in [0.15, 0.2) is 42.5 Å². The number of hydrogen-bond acceptors (Lipinski definition) is 2. The van der Waals surface area contributed by atoms with E-state index >= 15 is 0 Å².